The van der Waals surface area contributed by atoms with Crippen LogP contribution in [-0.2, 0) is 20.2 Å². The SMILES string of the molecule is Cc1cccc(NS(=O)(=O)c2cccc(C(=O)NCC3(c4ccc(Cl)cc4)CCOCC3)c2)c1. The molecule has 1 aliphatic rings. The van der Waals surface area contributed by atoms with E-state index in [0.717, 1.165) is 24.0 Å². The van der Waals surface area contributed by atoms with Crippen LogP contribution in [0.3, 0.4) is 0 Å². The third kappa shape index (κ3) is 5.60. The summed E-state index contributed by atoms with van der Waals surface area (Å²) in [6.45, 7) is 3.51. The van der Waals surface area contributed by atoms with Gasteiger partial charge in [-0.25, -0.2) is 8.42 Å². The summed E-state index contributed by atoms with van der Waals surface area (Å²) in [7, 11) is -3.84. The Kier molecular flexibility index (Phi) is 7.26. The van der Waals surface area contributed by atoms with Gasteiger partial charge in [-0.15, -0.1) is 0 Å². The number of sulfonamides is 1. The summed E-state index contributed by atoms with van der Waals surface area (Å²) < 4.78 is 33.9. The van der Waals surface area contributed by atoms with Crippen molar-refractivity contribution in [3.63, 3.8) is 0 Å². The average Bonchev–Trinajstić information content (AvgIpc) is 2.83. The highest BCUT2D eigenvalue weighted by Crippen LogP contribution is 2.35. The fourth-order valence-corrected chi connectivity index (χ4v) is 5.43. The fraction of sp³-hybridized carbons (Fsp3) is 0.269. The maximum atomic E-state index is 13.0. The van der Waals surface area contributed by atoms with Gasteiger partial charge in [-0.3, -0.25) is 9.52 Å². The van der Waals surface area contributed by atoms with Crippen LogP contribution in [0.1, 0.15) is 34.3 Å². The molecule has 0 unspecified atom stereocenters. The van der Waals surface area contributed by atoms with E-state index in [1.807, 2.05) is 37.3 Å². The molecule has 34 heavy (non-hydrogen) atoms. The molecule has 0 aromatic heterocycles. The van der Waals surface area contributed by atoms with Crippen LogP contribution < -0.4 is 10.0 Å². The number of carbonyl (C=O) groups excluding carboxylic acids is 1. The maximum Gasteiger partial charge on any atom is 0.261 e. The monoisotopic (exact) mass is 498 g/mol. The second-order valence-electron chi connectivity index (χ2n) is 8.59. The number of carbonyl (C=O) groups is 1. The zero-order chi connectivity index (χ0) is 24.2. The van der Waals surface area contributed by atoms with Gasteiger partial charge >= 0.3 is 0 Å². The molecule has 0 spiro atoms. The van der Waals surface area contributed by atoms with Crippen LogP contribution in [-0.4, -0.2) is 34.1 Å². The molecule has 3 aromatic rings. The van der Waals surface area contributed by atoms with E-state index < -0.39 is 10.0 Å². The highest BCUT2D eigenvalue weighted by Gasteiger charge is 2.35. The number of amides is 1. The second kappa shape index (κ2) is 10.2. The van der Waals surface area contributed by atoms with Crippen molar-refractivity contribution in [2.75, 3.05) is 24.5 Å². The number of nitrogens with one attached hydrogen (secondary N) is 2. The van der Waals surface area contributed by atoms with Gasteiger partial charge in [0, 0.05) is 41.4 Å². The zero-order valence-corrected chi connectivity index (χ0v) is 20.5. The summed E-state index contributed by atoms with van der Waals surface area (Å²) in [6.07, 6.45) is 1.54. The number of ether oxygens (including phenoxy) is 1. The molecule has 1 heterocycles. The number of hydrogen-bond donors (Lipinski definition) is 2. The minimum atomic E-state index is -3.84. The summed E-state index contributed by atoms with van der Waals surface area (Å²) in [5.74, 6) is -0.326. The van der Waals surface area contributed by atoms with E-state index in [1.54, 1.807) is 30.3 Å². The molecular formula is C26H27ClN2O4S. The summed E-state index contributed by atoms with van der Waals surface area (Å²) in [5.41, 5.74) is 2.52. The first-order valence-corrected chi connectivity index (χ1v) is 13.0. The zero-order valence-electron chi connectivity index (χ0n) is 18.9. The fourth-order valence-electron chi connectivity index (χ4n) is 4.21. The molecule has 6 nitrogen and oxygen atoms in total. The predicted octanol–water partition coefficient (Wildman–Crippen LogP) is 4.93. The Labute approximate surface area is 205 Å². The summed E-state index contributed by atoms with van der Waals surface area (Å²) in [4.78, 5) is 13.0. The molecule has 0 atom stereocenters. The standard InChI is InChI=1S/C26H27ClN2O4S/c1-19-4-2-6-23(16-19)29-34(31,32)24-7-3-5-20(17-24)25(30)28-18-26(12-14-33-15-13-26)21-8-10-22(27)11-9-21/h2-11,16-17,29H,12-15,18H2,1H3,(H,28,30). The molecule has 1 aliphatic heterocycles. The molecule has 0 aliphatic carbocycles. The predicted molar refractivity (Wildman–Crippen MR) is 134 cm³/mol. The van der Waals surface area contributed by atoms with Crippen molar-refractivity contribution in [2.45, 2.75) is 30.1 Å². The summed E-state index contributed by atoms with van der Waals surface area (Å²) in [5, 5.41) is 3.68. The van der Waals surface area contributed by atoms with Crippen molar-refractivity contribution < 1.29 is 17.9 Å². The van der Waals surface area contributed by atoms with Crippen molar-refractivity contribution in [3.05, 3.63) is 94.5 Å². The molecule has 0 radical (unpaired) electrons. The van der Waals surface area contributed by atoms with Crippen LogP contribution in [0.25, 0.3) is 0 Å². The van der Waals surface area contributed by atoms with Crippen LogP contribution in [0.2, 0.25) is 5.02 Å². The Morgan fingerprint density at radius 1 is 1.00 bits per heavy atom. The van der Waals surface area contributed by atoms with Crippen molar-refractivity contribution in [1.82, 2.24) is 5.32 Å². The lowest BCUT2D eigenvalue weighted by Crippen LogP contribution is -2.44. The molecule has 1 saturated heterocycles. The minimum absolute atomic E-state index is 0.0279. The van der Waals surface area contributed by atoms with Gasteiger partial charge in [-0.1, -0.05) is 41.9 Å². The van der Waals surface area contributed by atoms with Gasteiger partial charge < -0.3 is 10.1 Å². The Morgan fingerprint density at radius 3 is 2.41 bits per heavy atom. The molecule has 8 heteroatoms. The molecule has 178 valence electrons. The molecule has 2 N–H and O–H groups in total. The van der Waals surface area contributed by atoms with Crippen molar-refractivity contribution >= 4 is 33.2 Å². The maximum absolute atomic E-state index is 13.0. The van der Waals surface area contributed by atoms with Crippen LogP contribution in [0.15, 0.2) is 77.7 Å². The van der Waals surface area contributed by atoms with Gasteiger partial charge in [0.15, 0.2) is 0 Å². The number of aryl methyl sites for hydroxylation is 1. The van der Waals surface area contributed by atoms with Crippen LogP contribution in [0.5, 0.6) is 0 Å². The first-order chi connectivity index (χ1) is 16.3. The number of anilines is 1. The Balaban J connectivity index is 1.51. The third-order valence-electron chi connectivity index (χ3n) is 6.17. The highest BCUT2D eigenvalue weighted by atomic mass is 35.5. The lowest BCUT2D eigenvalue weighted by Gasteiger charge is -2.38. The first-order valence-electron chi connectivity index (χ1n) is 11.1. The largest absolute Gasteiger partial charge is 0.381 e. The first kappa shape index (κ1) is 24.3. The van der Waals surface area contributed by atoms with Crippen molar-refractivity contribution in [3.8, 4) is 0 Å². The molecule has 1 amide bonds. The molecule has 3 aromatic carbocycles. The number of hydrogen-bond acceptors (Lipinski definition) is 4. The van der Waals surface area contributed by atoms with Crippen molar-refractivity contribution in [2.24, 2.45) is 0 Å². The summed E-state index contributed by atoms with van der Waals surface area (Å²) in [6, 6.07) is 20.8. The number of rotatable bonds is 7. The Bertz CT molecular complexity index is 1270. The van der Waals surface area contributed by atoms with Gasteiger partial charge in [0.1, 0.15) is 0 Å². The molecule has 4 rings (SSSR count). The molecule has 0 bridgehead atoms. The molecular weight excluding hydrogens is 472 g/mol. The Hall–Kier alpha value is -2.87. The van der Waals surface area contributed by atoms with E-state index in [1.165, 1.54) is 12.1 Å². The lowest BCUT2D eigenvalue weighted by atomic mass is 9.74. The van der Waals surface area contributed by atoms with Gasteiger partial charge in [0.2, 0.25) is 0 Å². The lowest BCUT2D eigenvalue weighted by molar-refractivity contribution is 0.0487. The normalized spacial score (nSPS) is 15.5. The van der Waals surface area contributed by atoms with Crippen molar-refractivity contribution in [1.29, 1.82) is 0 Å². The van der Waals surface area contributed by atoms with E-state index in [0.29, 0.717) is 30.5 Å². The van der Waals surface area contributed by atoms with E-state index in [4.69, 9.17) is 16.3 Å². The minimum Gasteiger partial charge on any atom is -0.381 e. The Morgan fingerprint density at radius 2 is 1.71 bits per heavy atom. The van der Waals surface area contributed by atoms with Gasteiger partial charge in [-0.2, -0.15) is 0 Å². The highest BCUT2D eigenvalue weighted by molar-refractivity contribution is 7.92. The van der Waals surface area contributed by atoms with Gasteiger partial charge in [0.05, 0.1) is 4.90 Å². The van der Waals surface area contributed by atoms with E-state index >= 15 is 0 Å². The summed E-state index contributed by atoms with van der Waals surface area (Å²) >= 11 is 6.07. The molecule has 1 fully saturated rings. The third-order valence-corrected chi connectivity index (χ3v) is 7.80. The van der Waals surface area contributed by atoms with E-state index in [9.17, 15) is 13.2 Å². The van der Waals surface area contributed by atoms with Crippen LogP contribution in [0.4, 0.5) is 5.69 Å². The van der Waals surface area contributed by atoms with E-state index in [-0.39, 0.29) is 21.8 Å². The number of benzene rings is 3. The average molecular weight is 499 g/mol. The van der Waals surface area contributed by atoms with Crippen LogP contribution >= 0.6 is 11.6 Å². The second-order valence-corrected chi connectivity index (χ2v) is 10.7. The topological polar surface area (TPSA) is 84.5 Å². The van der Waals surface area contributed by atoms with Crippen LogP contribution in [0, 0.1) is 6.92 Å². The van der Waals surface area contributed by atoms with E-state index in [2.05, 4.69) is 10.0 Å². The van der Waals surface area contributed by atoms with Gasteiger partial charge in [0.25, 0.3) is 15.9 Å². The smallest absolute Gasteiger partial charge is 0.261 e. The molecule has 0 saturated carbocycles. The number of halogens is 1. The quantitative estimate of drug-likeness (QED) is 0.484. The van der Waals surface area contributed by atoms with Gasteiger partial charge in [-0.05, 0) is 73.4 Å².